The minimum Gasteiger partial charge on any atom is -0.508 e. The molecular weight excluding hydrogens is 226 g/mol. The number of ether oxygens (including phenoxy) is 1. The Hall–Kier alpha value is -1.38. The van der Waals surface area contributed by atoms with Crippen LogP contribution in [0, 0.1) is 0 Å². The van der Waals surface area contributed by atoms with Crippen molar-refractivity contribution in [3.63, 3.8) is 0 Å². The SMILES string of the molecule is CC1(C)CCc2cc(O)cc(N3CCCC3)c2O1. The molecule has 2 aliphatic heterocycles. The number of hydrogen-bond donors (Lipinski definition) is 1. The monoisotopic (exact) mass is 247 g/mol. The van der Waals surface area contributed by atoms with Gasteiger partial charge in [-0.2, -0.15) is 0 Å². The van der Waals surface area contributed by atoms with Crippen LogP contribution < -0.4 is 9.64 Å². The van der Waals surface area contributed by atoms with Crippen LogP contribution >= 0.6 is 0 Å². The van der Waals surface area contributed by atoms with Gasteiger partial charge in [0.25, 0.3) is 0 Å². The van der Waals surface area contributed by atoms with Gasteiger partial charge in [0.1, 0.15) is 17.1 Å². The van der Waals surface area contributed by atoms with Crippen LogP contribution in [-0.2, 0) is 6.42 Å². The lowest BCUT2D eigenvalue weighted by Crippen LogP contribution is -2.34. The molecule has 2 aliphatic rings. The number of aromatic hydroxyl groups is 1. The molecular formula is C15H21NO2. The molecule has 18 heavy (non-hydrogen) atoms. The average Bonchev–Trinajstić information content (AvgIpc) is 2.81. The molecule has 0 amide bonds. The van der Waals surface area contributed by atoms with Gasteiger partial charge in [0, 0.05) is 24.7 Å². The van der Waals surface area contributed by atoms with Crippen LogP contribution in [0.1, 0.15) is 38.7 Å². The summed E-state index contributed by atoms with van der Waals surface area (Å²) in [4.78, 5) is 2.33. The average molecular weight is 247 g/mol. The maximum atomic E-state index is 9.88. The first-order valence-electron chi connectivity index (χ1n) is 6.85. The van der Waals surface area contributed by atoms with Crippen LogP contribution in [0.3, 0.4) is 0 Å². The predicted molar refractivity (Wildman–Crippen MR) is 72.6 cm³/mol. The normalized spacial score (nSPS) is 21.6. The predicted octanol–water partition coefficient (Wildman–Crippen LogP) is 3.10. The Morgan fingerprint density at radius 2 is 1.94 bits per heavy atom. The molecule has 0 aliphatic carbocycles. The molecule has 3 rings (SSSR count). The lowest BCUT2D eigenvalue weighted by Gasteiger charge is -2.35. The Balaban J connectivity index is 2.04. The van der Waals surface area contributed by atoms with Gasteiger partial charge in [0.05, 0.1) is 5.69 Å². The molecule has 1 aromatic rings. The smallest absolute Gasteiger partial charge is 0.146 e. The third-order valence-electron chi connectivity index (χ3n) is 3.95. The zero-order chi connectivity index (χ0) is 12.8. The standard InChI is InChI=1S/C15H21NO2/c1-15(2)6-5-11-9-12(17)10-13(14(11)18-15)16-7-3-4-8-16/h9-10,17H,3-8H2,1-2H3. The molecule has 98 valence electrons. The fraction of sp³-hybridized carbons (Fsp3) is 0.600. The van der Waals surface area contributed by atoms with Crippen molar-refractivity contribution < 1.29 is 9.84 Å². The van der Waals surface area contributed by atoms with E-state index in [1.165, 1.54) is 12.8 Å². The summed E-state index contributed by atoms with van der Waals surface area (Å²) in [7, 11) is 0. The maximum Gasteiger partial charge on any atom is 0.146 e. The number of fused-ring (bicyclic) bond motifs is 1. The second kappa shape index (κ2) is 4.08. The van der Waals surface area contributed by atoms with Crippen molar-refractivity contribution in [1.82, 2.24) is 0 Å². The molecule has 0 radical (unpaired) electrons. The number of nitrogens with zero attached hydrogens (tertiary/aromatic N) is 1. The van der Waals surface area contributed by atoms with Crippen molar-refractivity contribution in [2.24, 2.45) is 0 Å². The molecule has 0 saturated carbocycles. The van der Waals surface area contributed by atoms with E-state index < -0.39 is 0 Å². The summed E-state index contributed by atoms with van der Waals surface area (Å²) in [6.07, 6.45) is 4.45. The van der Waals surface area contributed by atoms with Crippen LogP contribution in [0.2, 0.25) is 0 Å². The Morgan fingerprint density at radius 3 is 2.67 bits per heavy atom. The number of aryl methyl sites for hydroxylation is 1. The zero-order valence-electron chi connectivity index (χ0n) is 11.2. The van der Waals surface area contributed by atoms with Gasteiger partial charge in [0.15, 0.2) is 0 Å². The second-order valence-corrected chi connectivity index (χ2v) is 6.01. The Bertz CT molecular complexity index is 462. The summed E-state index contributed by atoms with van der Waals surface area (Å²) < 4.78 is 6.17. The lowest BCUT2D eigenvalue weighted by atomic mass is 9.93. The van der Waals surface area contributed by atoms with E-state index in [9.17, 15) is 5.11 Å². The summed E-state index contributed by atoms with van der Waals surface area (Å²) in [5.41, 5.74) is 2.13. The molecule has 2 heterocycles. The number of anilines is 1. The van der Waals surface area contributed by atoms with Gasteiger partial charge in [-0.25, -0.2) is 0 Å². The number of phenolic OH excluding ortho intramolecular Hbond substituents is 1. The number of phenols is 1. The highest BCUT2D eigenvalue weighted by Crippen LogP contribution is 2.43. The highest BCUT2D eigenvalue weighted by Gasteiger charge is 2.30. The first-order chi connectivity index (χ1) is 8.55. The molecule has 0 spiro atoms. The largest absolute Gasteiger partial charge is 0.508 e. The first-order valence-corrected chi connectivity index (χ1v) is 6.85. The van der Waals surface area contributed by atoms with Crippen molar-refractivity contribution >= 4 is 5.69 Å². The van der Waals surface area contributed by atoms with Crippen LogP contribution in [0.15, 0.2) is 12.1 Å². The number of hydrogen-bond acceptors (Lipinski definition) is 3. The summed E-state index contributed by atoms with van der Waals surface area (Å²) >= 11 is 0. The highest BCUT2D eigenvalue weighted by molar-refractivity contribution is 5.66. The van der Waals surface area contributed by atoms with Crippen LogP contribution in [0.4, 0.5) is 5.69 Å². The summed E-state index contributed by atoms with van der Waals surface area (Å²) in [6, 6.07) is 3.70. The molecule has 0 unspecified atom stereocenters. The molecule has 1 saturated heterocycles. The van der Waals surface area contributed by atoms with E-state index in [1.54, 1.807) is 0 Å². The Morgan fingerprint density at radius 1 is 1.22 bits per heavy atom. The minimum absolute atomic E-state index is 0.0988. The molecule has 0 bridgehead atoms. The summed E-state index contributed by atoms with van der Waals surface area (Å²) in [5.74, 6) is 1.35. The lowest BCUT2D eigenvalue weighted by molar-refractivity contribution is 0.0851. The molecule has 1 N–H and O–H groups in total. The molecule has 3 heteroatoms. The van der Waals surface area contributed by atoms with E-state index in [0.29, 0.717) is 5.75 Å². The van der Waals surface area contributed by atoms with E-state index in [1.807, 2.05) is 12.1 Å². The van der Waals surface area contributed by atoms with Crippen molar-refractivity contribution in [3.8, 4) is 11.5 Å². The molecule has 1 fully saturated rings. The van der Waals surface area contributed by atoms with Crippen LogP contribution in [-0.4, -0.2) is 23.8 Å². The third kappa shape index (κ3) is 2.02. The van der Waals surface area contributed by atoms with E-state index in [-0.39, 0.29) is 5.60 Å². The van der Waals surface area contributed by atoms with E-state index in [4.69, 9.17) is 4.74 Å². The fourth-order valence-electron chi connectivity index (χ4n) is 2.92. The zero-order valence-corrected chi connectivity index (χ0v) is 11.2. The highest BCUT2D eigenvalue weighted by atomic mass is 16.5. The number of benzene rings is 1. The molecule has 1 aromatic carbocycles. The van der Waals surface area contributed by atoms with Gasteiger partial charge in [-0.1, -0.05) is 0 Å². The van der Waals surface area contributed by atoms with E-state index >= 15 is 0 Å². The van der Waals surface area contributed by atoms with Crippen molar-refractivity contribution in [2.45, 2.75) is 45.1 Å². The van der Waals surface area contributed by atoms with Gasteiger partial charge >= 0.3 is 0 Å². The first kappa shape index (κ1) is 11.7. The van der Waals surface area contributed by atoms with Crippen molar-refractivity contribution in [1.29, 1.82) is 0 Å². The summed E-state index contributed by atoms with van der Waals surface area (Å²) in [5, 5.41) is 9.88. The second-order valence-electron chi connectivity index (χ2n) is 6.01. The number of rotatable bonds is 1. The molecule has 0 aromatic heterocycles. The topological polar surface area (TPSA) is 32.7 Å². The van der Waals surface area contributed by atoms with E-state index in [2.05, 4.69) is 18.7 Å². The van der Waals surface area contributed by atoms with Gasteiger partial charge in [-0.05, 0) is 45.6 Å². The molecule has 0 atom stereocenters. The third-order valence-corrected chi connectivity index (χ3v) is 3.95. The van der Waals surface area contributed by atoms with Gasteiger partial charge in [-0.3, -0.25) is 0 Å². The fourth-order valence-corrected chi connectivity index (χ4v) is 2.92. The Labute approximate surface area is 108 Å². The summed E-state index contributed by atoms with van der Waals surface area (Å²) in [6.45, 7) is 6.41. The van der Waals surface area contributed by atoms with Gasteiger partial charge in [0.2, 0.25) is 0 Å². The van der Waals surface area contributed by atoms with Crippen LogP contribution in [0.25, 0.3) is 0 Å². The molecule has 3 nitrogen and oxygen atoms in total. The van der Waals surface area contributed by atoms with Gasteiger partial charge < -0.3 is 14.7 Å². The maximum absolute atomic E-state index is 9.88. The van der Waals surface area contributed by atoms with Gasteiger partial charge in [-0.15, -0.1) is 0 Å². The van der Waals surface area contributed by atoms with Crippen molar-refractivity contribution in [2.75, 3.05) is 18.0 Å². The minimum atomic E-state index is -0.0988. The quantitative estimate of drug-likeness (QED) is 0.827. The Kier molecular flexibility index (Phi) is 2.65. The van der Waals surface area contributed by atoms with Crippen LogP contribution in [0.5, 0.6) is 11.5 Å². The van der Waals surface area contributed by atoms with E-state index in [0.717, 1.165) is 42.9 Å². The van der Waals surface area contributed by atoms with Crippen molar-refractivity contribution in [3.05, 3.63) is 17.7 Å².